The normalized spacial score (nSPS) is 11.6. The monoisotopic (exact) mass is 228 g/mol. The van der Waals surface area contributed by atoms with Crippen molar-refractivity contribution in [2.75, 3.05) is 20.1 Å². The largest absolute Gasteiger partial charge is 0.346 e. The highest BCUT2D eigenvalue weighted by Gasteiger charge is 2.19. The number of nitrogens with zero attached hydrogens (tertiary/aromatic N) is 1. The van der Waals surface area contributed by atoms with E-state index in [2.05, 4.69) is 20.8 Å². The first-order valence-electron chi connectivity index (χ1n) is 6.37. The van der Waals surface area contributed by atoms with Gasteiger partial charge in [0.05, 0.1) is 0 Å². The predicted octanol–water partition coefficient (Wildman–Crippen LogP) is 2.40. The molecule has 0 aliphatic carbocycles. The molecule has 0 heterocycles. The van der Waals surface area contributed by atoms with Gasteiger partial charge in [-0.25, -0.2) is 0 Å². The van der Waals surface area contributed by atoms with Crippen molar-refractivity contribution in [2.24, 2.45) is 11.1 Å². The Morgan fingerprint density at radius 1 is 1.31 bits per heavy atom. The molecule has 0 aliphatic rings. The van der Waals surface area contributed by atoms with E-state index in [1.807, 2.05) is 11.9 Å². The van der Waals surface area contributed by atoms with E-state index < -0.39 is 0 Å². The zero-order chi connectivity index (χ0) is 12.6. The molecule has 0 atom stereocenters. The van der Waals surface area contributed by atoms with Gasteiger partial charge in [-0.15, -0.1) is 0 Å². The number of carbonyl (C=O) groups excluding carboxylic acids is 1. The van der Waals surface area contributed by atoms with Crippen molar-refractivity contribution < 1.29 is 4.79 Å². The molecule has 0 aromatic carbocycles. The topological polar surface area (TPSA) is 46.3 Å². The number of rotatable bonds is 8. The summed E-state index contributed by atoms with van der Waals surface area (Å²) in [4.78, 5) is 13.6. The third-order valence-electron chi connectivity index (χ3n) is 3.11. The van der Waals surface area contributed by atoms with Crippen LogP contribution in [0, 0.1) is 5.41 Å². The molecule has 0 spiro atoms. The Morgan fingerprint density at radius 2 is 1.94 bits per heavy atom. The molecule has 96 valence electrons. The summed E-state index contributed by atoms with van der Waals surface area (Å²) >= 11 is 0. The summed E-state index contributed by atoms with van der Waals surface area (Å²) in [5.74, 6) is 0.263. The summed E-state index contributed by atoms with van der Waals surface area (Å²) < 4.78 is 0. The van der Waals surface area contributed by atoms with E-state index in [0.29, 0.717) is 13.0 Å². The summed E-state index contributed by atoms with van der Waals surface area (Å²) in [6.45, 7) is 8.08. The molecular formula is C13H28N2O. The molecule has 0 fully saturated rings. The fraction of sp³-hybridized carbons (Fsp3) is 0.923. The maximum Gasteiger partial charge on any atom is 0.222 e. The van der Waals surface area contributed by atoms with Gasteiger partial charge < -0.3 is 10.6 Å². The highest BCUT2D eigenvalue weighted by atomic mass is 16.2. The molecule has 0 unspecified atom stereocenters. The van der Waals surface area contributed by atoms with Gasteiger partial charge in [-0.05, 0) is 31.2 Å². The first-order chi connectivity index (χ1) is 7.43. The molecule has 1 amide bonds. The van der Waals surface area contributed by atoms with E-state index in [-0.39, 0.29) is 11.3 Å². The lowest BCUT2D eigenvalue weighted by Crippen LogP contribution is -2.29. The van der Waals surface area contributed by atoms with Crippen LogP contribution in [-0.4, -0.2) is 30.9 Å². The van der Waals surface area contributed by atoms with Gasteiger partial charge in [0.25, 0.3) is 0 Å². The van der Waals surface area contributed by atoms with Crippen LogP contribution in [0.1, 0.15) is 52.9 Å². The summed E-state index contributed by atoms with van der Waals surface area (Å²) in [5, 5.41) is 0. The van der Waals surface area contributed by atoms with Gasteiger partial charge in [-0.2, -0.15) is 0 Å². The maximum absolute atomic E-state index is 11.8. The van der Waals surface area contributed by atoms with Crippen LogP contribution in [0.2, 0.25) is 0 Å². The molecule has 3 heteroatoms. The molecular weight excluding hydrogens is 200 g/mol. The third kappa shape index (κ3) is 6.83. The molecule has 0 radical (unpaired) electrons. The predicted molar refractivity (Wildman–Crippen MR) is 69.2 cm³/mol. The highest BCUT2D eigenvalue weighted by molar-refractivity contribution is 5.75. The van der Waals surface area contributed by atoms with E-state index in [9.17, 15) is 4.79 Å². The van der Waals surface area contributed by atoms with Gasteiger partial charge in [-0.3, -0.25) is 4.79 Å². The summed E-state index contributed by atoms with van der Waals surface area (Å²) in [6.07, 6.45) is 4.79. The lowest BCUT2D eigenvalue weighted by atomic mass is 9.84. The zero-order valence-electron chi connectivity index (χ0n) is 11.4. The van der Waals surface area contributed by atoms with Crippen molar-refractivity contribution in [2.45, 2.75) is 52.9 Å². The van der Waals surface area contributed by atoms with Gasteiger partial charge in [0.2, 0.25) is 5.91 Å². The fourth-order valence-electron chi connectivity index (χ4n) is 1.67. The van der Waals surface area contributed by atoms with E-state index in [1.165, 1.54) is 0 Å². The van der Waals surface area contributed by atoms with Gasteiger partial charge in [-0.1, -0.05) is 27.2 Å². The van der Waals surface area contributed by atoms with Crippen LogP contribution in [0.25, 0.3) is 0 Å². The van der Waals surface area contributed by atoms with Crippen LogP contribution < -0.4 is 5.73 Å². The average molecular weight is 228 g/mol. The van der Waals surface area contributed by atoms with E-state index in [0.717, 1.165) is 32.2 Å². The number of nitrogens with two attached hydrogens (primary N) is 1. The fourth-order valence-corrected chi connectivity index (χ4v) is 1.67. The Bertz CT molecular complexity index is 202. The molecule has 0 aliphatic heterocycles. The molecule has 0 saturated heterocycles. The van der Waals surface area contributed by atoms with Gasteiger partial charge >= 0.3 is 0 Å². The van der Waals surface area contributed by atoms with Crippen molar-refractivity contribution in [3.8, 4) is 0 Å². The van der Waals surface area contributed by atoms with Crippen molar-refractivity contribution in [1.29, 1.82) is 0 Å². The average Bonchev–Trinajstić information content (AvgIpc) is 2.22. The Hall–Kier alpha value is -0.570. The number of carbonyl (C=O) groups is 1. The highest BCUT2D eigenvalue weighted by Crippen LogP contribution is 2.26. The van der Waals surface area contributed by atoms with Crippen LogP contribution in [-0.2, 0) is 4.79 Å². The molecule has 2 N–H and O–H groups in total. The summed E-state index contributed by atoms with van der Waals surface area (Å²) in [7, 11) is 1.90. The van der Waals surface area contributed by atoms with E-state index >= 15 is 0 Å². The van der Waals surface area contributed by atoms with Crippen LogP contribution in [0.15, 0.2) is 0 Å². The maximum atomic E-state index is 11.8. The summed E-state index contributed by atoms with van der Waals surface area (Å²) in [6, 6.07) is 0. The van der Waals surface area contributed by atoms with Crippen LogP contribution in [0.4, 0.5) is 0 Å². The lowest BCUT2D eigenvalue weighted by molar-refractivity contribution is -0.130. The number of hydrogen-bond donors (Lipinski definition) is 1. The Kier molecular flexibility index (Phi) is 7.39. The Morgan fingerprint density at radius 3 is 2.44 bits per heavy atom. The van der Waals surface area contributed by atoms with Crippen LogP contribution in [0.3, 0.4) is 0 Å². The number of hydrogen-bond acceptors (Lipinski definition) is 2. The third-order valence-corrected chi connectivity index (χ3v) is 3.11. The molecule has 0 saturated carbocycles. The lowest BCUT2D eigenvalue weighted by Gasteiger charge is -2.25. The van der Waals surface area contributed by atoms with Gasteiger partial charge in [0.15, 0.2) is 0 Å². The molecule has 0 aromatic rings. The number of unbranched alkanes of at least 4 members (excludes halogenated alkanes) is 1. The minimum Gasteiger partial charge on any atom is -0.346 e. The smallest absolute Gasteiger partial charge is 0.222 e. The molecule has 16 heavy (non-hydrogen) atoms. The SMILES string of the molecule is CCCCN(C)C(=O)CCC(C)(C)CCN. The Labute approximate surface area is 100 Å². The van der Waals surface area contributed by atoms with Crippen LogP contribution in [0.5, 0.6) is 0 Å². The Balaban J connectivity index is 3.87. The second kappa shape index (κ2) is 7.66. The van der Waals surface area contributed by atoms with Crippen LogP contribution >= 0.6 is 0 Å². The second-order valence-corrected chi connectivity index (χ2v) is 5.37. The van der Waals surface area contributed by atoms with E-state index in [1.54, 1.807) is 0 Å². The van der Waals surface area contributed by atoms with Crippen molar-refractivity contribution >= 4 is 5.91 Å². The van der Waals surface area contributed by atoms with Gasteiger partial charge in [0, 0.05) is 20.0 Å². The molecule has 0 bridgehead atoms. The minimum absolute atomic E-state index is 0.190. The van der Waals surface area contributed by atoms with E-state index in [4.69, 9.17) is 5.73 Å². The standard InChI is InChI=1S/C13H28N2O/c1-5-6-11-15(4)12(16)7-8-13(2,3)9-10-14/h5-11,14H2,1-4H3. The zero-order valence-corrected chi connectivity index (χ0v) is 11.4. The quantitative estimate of drug-likeness (QED) is 0.693. The second-order valence-electron chi connectivity index (χ2n) is 5.37. The molecule has 3 nitrogen and oxygen atoms in total. The summed E-state index contributed by atoms with van der Waals surface area (Å²) in [5.41, 5.74) is 5.74. The minimum atomic E-state index is 0.190. The van der Waals surface area contributed by atoms with Crippen molar-refractivity contribution in [3.63, 3.8) is 0 Å². The molecule has 0 aromatic heterocycles. The van der Waals surface area contributed by atoms with Crippen molar-refractivity contribution in [1.82, 2.24) is 4.90 Å². The first-order valence-corrected chi connectivity index (χ1v) is 6.37. The first kappa shape index (κ1) is 15.4. The number of amides is 1. The molecule has 0 rings (SSSR count). The van der Waals surface area contributed by atoms with Gasteiger partial charge in [0.1, 0.15) is 0 Å². The van der Waals surface area contributed by atoms with Crippen molar-refractivity contribution in [3.05, 3.63) is 0 Å².